The average Bonchev–Trinajstić information content (AvgIpc) is 3.39. The number of nitrogens with one attached hydrogen (secondary N) is 2. The molecule has 6 heteroatoms. The predicted octanol–water partition coefficient (Wildman–Crippen LogP) is 4.45. The van der Waals surface area contributed by atoms with E-state index < -0.39 is 0 Å². The second kappa shape index (κ2) is 9.13. The molecule has 1 atom stereocenters. The van der Waals surface area contributed by atoms with Gasteiger partial charge in [0.2, 0.25) is 0 Å². The lowest BCUT2D eigenvalue weighted by Gasteiger charge is -2.28. The quantitative estimate of drug-likeness (QED) is 0.639. The molecule has 1 fully saturated rings. The van der Waals surface area contributed by atoms with Crippen LogP contribution in [0.25, 0.3) is 5.69 Å². The highest BCUT2D eigenvalue weighted by molar-refractivity contribution is 5.89. The summed E-state index contributed by atoms with van der Waals surface area (Å²) >= 11 is 0. The SMILES string of the molecule is Cc1cc(C)n(-c2cccc(NC(=O)NCC(c3ccccc3)N3CCCC3)c2)n1. The van der Waals surface area contributed by atoms with Crippen LogP contribution in [0, 0.1) is 13.8 Å². The van der Waals surface area contributed by atoms with Gasteiger partial charge in [0.15, 0.2) is 0 Å². The molecule has 2 heterocycles. The number of hydrogen-bond acceptors (Lipinski definition) is 3. The summed E-state index contributed by atoms with van der Waals surface area (Å²) in [6.07, 6.45) is 2.43. The van der Waals surface area contributed by atoms with Gasteiger partial charge in [0.1, 0.15) is 0 Å². The number of anilines is 1. The number of rotatable bonds is 6. The molecule has 156 valence electrons. The van der Waals surface area contributed by atoms with Crippen molar-refractivity contribution in [2.24, 2.45) is 0 Å². The first-order valence-electron chi connectivity index (χ1n) is 10.6. The molecule has 0 radical (unpaired) electrons. The maximum Gasteiger partial charge on any atom is 0.319 e. The number of benzene rings is 2. The van der Waals surface area contributed by atoms with E-state index in [9.17, 15) is 4.79 Å². The first-order valence-corrected chi connectivity index (χ1v) is 10.6. The van der Waals surface area contributed by atoms with Crippen LogP contribution in [-0.2, 0) is 0 Å². The molecule has 2 aromatic carbocycles. The van der Waals surface area contributed by atoms with Crippen molar-refractivity contribution >= 4 is 11.7 Å². The third kappa shape index (κ3) is 4.71. The molecule has 1 aliphatic heterocycles. The van der Waals surface area contributed by atoms with E-state index in [1.165, 1.54) is 18.4 Å². The molecule has 2 amide bonds. The molecule has 1 aromatic heterocycles. The third-order valence-corrected chi connectivity index (χ3v) is 5.58. The summed E-state index contributed by atoms with van der Waals surface area (Å²) in [5, 5.41) is 10.6. The zero-order valence-electron chi connectivity index (χ0n) is 17.6. The molecule has 0 spiro atoms. The van der Waals surface area contributed by atoms with Crippen molar-refractivity contribution in [2.75, 3.05) is 25.0 Å². The fraction of sp³-hybridized carbons (Fsp3) is 0.333. The van der Waals surface area contributed by atoms with Crippen molar-refractivity contribution in [3.63, 3.8) is 0 Å². The fourth-order valence-corrected chi connectivity index (χ4v) is 4.16. The molecule has 0 bridgehead atoms. The lowest BCUT2D eigenvalue weighted by molar-refractivity contribution is 0.227. The summed E-state index contributed by atoms with van der Waals surface area (Å²) in [7, 11) is 0. The van der Waals surface area contributed by atoms with E-state index in [0.29, 0.717) is 6.54 Å². The first kappa shape index (κ1) is 20.2. The Hall–Kier alpha value is -3.12. The van der Waals surface area contributed by atoms with Crippen molar-refractivity contribution in [3.05, 3.63) is 77.6 Å². The summed E-state index contributed by atoms with van der Waals surface area (Å²) in [6.45, 7) is 6.73. The van der Waals surface area contributed by atoms with E-state index in [2.05, 4.69) is 44.9 Å². The highest BCUT2D eigenvalue weighted by Crippen LogP contribution is 2.24. The minimum Gasteiger partial charge on any atom is -0.336 e. The first-order chi connectivity index (χ1) is 14.6. The van der Waals surface area contributed by atoms with Gasteiger partial charge >= 0.3 is 6.03 Å². The maximum atomic E-state index is 12.6. The number of carbonyl (C=O) groups excluding carboxylic acids is 1. The Balaban J connectivity index is 1.41. The summed E-state index contributed by atoms with van der Waals surface area (Å²) in [5.74, 6) is 0. The number of urea groups is 1. The Labute approximate surface area is 177 Å². The molecule has 3 aromatic rings. The van der Waals surface area contributed by atoms with Crippen molar-refractivity contribution in [3.8, 4) is 5.69 Å². The van der Waals surface area contributed by atoms with Gasteiger partial charge in [-0.3, -0.25) is 4.90 Å². The van der Waals surface area contributed by atoms with Crippen LogP contribution in [0.1, 0.15) is 35.8 Å². The van der Waals surface area contributed by atoms with Crippen LogP contribution in [0.3, 0.4) is 0 Å². The minimum absolute atomic E-state index is 0.194. The number of hydrogen-bond donors (Lipinski definition) is 2. The van der Waals surface area contributed by atoms with E-state index in [1.54, 1.807) is 0 Å². The number of aryl methyl sites for hydroxylation is 2. The van der Waals surface area contributed by atoms with Gasteiger partial charge in [-0.2, -0.15) is 5.10 Å². The molecular weight excluding hydrogens is 374 g/mol. The predicted molar refractivity (Wildman–Crippen MR) is 120 cm³/mol. The van der Waals surface area contributed by atoms with Gasteiger partial charge in [0, 0.05) is 17.9 Å². The number of carbonyl (C=O) groups is 1. The molecule has 30 heavy (non-hydrogen) atoms. The largest absolute Gasteiger partial charge is 0.336 e. The highest BCUT2D eigenvalue weighted by Gasteiger charge is 2.23. The number of aromatic nitrogens is 2. The van der Waals surface area contributed by atoms with E-state index >= 15 is 0 Å². The smallest absolute Gasteiger partial charge is 0.319 e. The lowest BCUT2D eigenvalue weighted by Crippen LogP contribution is -2.38. The highest BCUT2D eigenvalue weighted by atomic mass is 16.2. The second-order valence-corrected chi connectivity index (χ2v) is 7.89. The van der Waals surface area contributed by atoms with Crippen molar-refractivity contribution in [2.45, 2.75) is 32.7 Å². The molecule has 1 saturated heterocycles. The molecular formula is C24H29N5O. The zero-order chi connectivity index (χ0) is 20.9. The van der Waals surface area contributed by atoms with Crippen molar-refractivity contribution < 1.29 is 4.79 Å². The number of amides is 2. The van der Waals surface area contributed by atoms with E-state index in [1.807, 2.05) is 54.9 Å². The summed E-state index contributed by atoms with van der Waals surface area (Å²) < 4.78 is 1.89. The Morgan fingerprint density at radius 1 is 1.03 bits per heavy atom. The summed E-state index contributed by atoms with van der Waals surface area (Å²) in [6, 6.07) is 20.2. The van der Waals surface area contributed by atoms with E-state index in [4.69, 9.17) is 0 Å². The molecule has 1 unspecified atom stereocenters. The molecule has 2 N–H and O–H groups in total. The topological polar surface area (TPSA) is 62.2 Å². The van der Waals surface area contributed by atoms with E-state index in [-0.39, 0.29) is 12.1 Å². The van der Waals surface area contributed by atoms with Crippen LogP contribution >= 0.6 is 0 Å². The van der Waals surface area contributed by atoms with Crippen molar-refractivity contribution in [1.82, 2.24) is 20.0 Å². The monoisotopic (exact) mass is 403 g/mol. The lowest BCUT2D eigenvalue weighted by atomic mass is 10.1. The molecule has 6 nitrogen and oxygen atoms in total. The molecule has 0 aliphatic carbocycles. The van der Waals surface area contributed by atoms with Crippen LogP contribution in [-0.4, -0.2) is 40.3 Å². The van der Waals surface area contributed by atoms with Crippen LogP contribution < -0.4 is 10.6 Å². The van der Waals surface area contributed by atoms with Crippen LogP contribution in [0.5, 0.6) is 0 Å². The Morgan fingerprint density at radius 3 is 2.50 bits per heavy atom. The van der Waals surface area contributed by atoms with Gasteiger partial charge < -0.3 is 10.6 Å². The standard InChI is InChI=1S/C24H29N5O/c1-18-15-19(2)29(27-18)22-12-8-11-21(16-22)26-24(30)25-17-23(28-13-6-7-14-28)20-9-4-3-5-10-20/h3-5,8-12,15-16,23H,6-7,13-14,17H2,1-2H3,(H2,25,26,30). The molecule has 0 saturated carbocycles. The number of likely N-dealkylation sites (tertiary alicyclic amines) is 1. The minimum atomic E-state index is -0.194. The van der Waals surface area contributed by atoms with Crippen molar-refractivity contribution in [1.29, 1.82) is 0 Å². The van der Waals surface area contributed by atoms with Crippen LogP contribution in [0.4, 0.5) is 10.5 Å². The summed E-state index contributed by atoms with van der Waals surface area (Å²) in [4.78, 5) is 15.1. The fourth-order valence-electron chi connectivity index (χ4n) is 4.16. The van der Waals surface area contributed by atoms with Gasteiger partial charge in [0.05, 0.1) is 17.4 Å². The zero-order valence-corrected chi connectivity index (χ0v) is 17.6. The average molecular weight is 404 g/mol. The Bertz CT molecular complexity index is 992. The Morgan fingerprint density at radius 2 is 1.80 bits per heavy atom. The van der Waals surface area contributed by atoms with Crippen LogP contribution in [0.2, 0.25) is 0 Å². The maximum absolute atomic E-state index is 12.6. The van der Waals surface area contributed by atoms with Gasteiger partial charge in [-0.05, 0) is 69.6 Å². The summed E-state index contributed by atoms with van der Waals surface area (Å²) in [5.41, 5.74) is 4.95. The van der Waals surface area contributed by atoms with Gasteiger partial charge in [-0.25, -0.2) is 9.48 Å². The van der Waals surface area contributed by atoms with Crippen LogP contribution in [0.15, 0.2) is 60.7 Å². The Kier molecular flexibility index (Phi) is 6.14. The number of nitrogens with zero attached hydrogens (tertiary/aromatic N) is 3. The third-order valence-electron chi connectivity index (χ3n) is 5.58. The van der Waals surface area contributed by atoms with E-state index in [0.717, 1.165) is 35.9 Å². The molecule has 4 rings (SSSR count). The van der Waals surface area contributed by atoms with Gasteiger partial charge in [-0.1, -0.05) is 36.4 Å². The molecule has 1 aliphatic rings. The second-order valence-electron chi connectivity index (χ2n) is 7.89. The van der Waals surface area contributed by atoms with Gasteiger partial charge in [0.25, 0.3) is 0 Å². The normalized spacial score (nSPS) is 15.1. The van der Waals surface area contributed by atoms with Gasteiger partial charge in [-0.15, -0.1) is 0 Å².